The van der Waals surface area contributed by atoms with Crippen LogP contribution in [0, 0.1) is 11.3 Å². The third kappa shape index (κ3) is 1.92. The first-order valence-electron chi connectivity index (χ1n) is 5.10. The van der Waals surface area contributed by atoms with Crippen molar-refractivity contribution < 1.29 is 15.0 Å². The number of aliphatic hydroxyl groups excluding tert-OH is 1. The zero-order chi connectivity index (χ0) is 11.7. The lowest BCUT2D eigenvalue weighted by molar-refractivity contribution is -0.146. The molecular formula is C11H19NO3. The lowest BCUT2D eigenvalue weighted by atomic mass is 9.65. The van der Waals surface area contributed by atoms with E-state index in [2.05, 4.69) is 5.32 Å². The number of rotatable bonds is 2. The van der Waals surface area contributed by atoms with Gasteiger partial charge in [-0.3, -0.25) is 4.79 Å². The molecule has 0 fully saturated rings. The lowest BCUT2D eigenvalue weighted by Crippen LogP contribution is -2.65. The average Bonchev–Trinajstić information content (AvgIpc) is 2.15. The minimum atomic E-state index is -0.901. The molecule has 4 heteroatoms. The second-order valence-electron chi connectivity index (χ2n) is 5.00. The third-order valence-electron chi connectivity index (χ3n) is 3.25. The highest BCUT2D eigenvalue weighted by atomic mass is 16.4. The monoisotopic (exact) mass is 213 g/mol. The summed E-state index contributed by atoms with van der Waals surface area (Å²) < 4.78 is 0. The molecule has 86 valence electrons. The van der Waals surface area contributed by atoms with E-state index in [1.165, 1.54) is 0 Å². The average molecular weight is 213 g/mol. The van der Waals surface area contributed by atoms with Gasteiger partial charge in [0.1, 0.15) is 0 Å². The predicted molar refractivity (Wildman–Crippen MR) is 57.5 cm³/mol. The molecule has 1 heterocycles. The van der Waals surface area contributed by atoms with Gasteiger partial charge < -0.3 is 15.5 Å². The highest BCUT2D eigenvalue weighted by molar-refractivity contribution is 5.74. The van der Waals surface area contributed by atoms with E-state index in [0.717, 1.165) is 0 Å². The van der Waals surface area contributed by atoms with Crippen molar-refractivity contribution in [3.05, 3.63) is 12.2 Å². The molecule has 3 N–H and O–H groups in total. The van der Waals surface area contributed by atoms with Crippen LogP contribution in [0.4, 0.5) is 0 Å². The van der Waals surface area contributed by atoms with E-state index in [4.69, 9.17) is 5.11 Å². The van der Waals surface area contributed by atoms with Gasteiger partial charge in [-0.2, -0.15) is 0 Å². The Morgan fingerprint density at radius 3 is 2.53 bits per heavy atom. The maximum Gasteiger partial charge on any atom is 0.312 e. The van der Waals surface area contributed by atoms with Gasteiger partial charge in [0.05, 0.1) is 18.1 Å². The summed E-state index contributed by atoms with van der Waals surface area (Å²) in [4.78, 5) is 11.2. The second-order valence-corrected chi connectivity index (χ2v) is 5.00. The first-order valence-corrected chi connectivity index (χ1v) is 5.10. The van der Waals surface area contributed by atoms with E-state index < -0.39 is 17.4 Å². The van der Waals surface area contributed by atoms with Gasteiger partial charge in [0.2, 0.25) is 0 Å². The van der Waals surface area contributed by atoms with Gasteiger partial charge in [-0.25, -0.2) is 0 Å². The minimum absolute atomic E-state index is 0.183. The Hall–Kier alpha value is -0.870. The molecule has 1 aliphatic rings. The fraction of sp³-hybridized carbons (Fsp3) is 0.727. The highest BCUT2D eigenvalue weighted by Crippen LogP contribution is 2.38. The predicted octanol–water partition coefficient (Wildman–Crippen LogP) is 0.624. The van der Waals surface area contributed by atoms with E-state index in [1.54, 1.807) is 12.2 Å². The first-order chi connectivity index (χ1) is 6.85. The van der Waals surface area contributed by atoms with Crippen molar-refractivity contribution in [3.63, 3.8) is 0 Å². The molecule has 0 aromatic carbocycles. The third-order valence-corrected chi connectivity index (χ3v) is 3.25. The minimum Gasteiger partial charge on any atom is -0.481 e. The normalized spacial score (nSPS) is 31.6. The van der Waals surface area contributed by atoms with Crippen molar-refractivity contribution in [1.29, 1.82) is 0 Å². The summed E-state index contributed by atoms with van der Waals surface area (Å²) in [6.07, 6.45) is 3.46. The van der Waals surface area contributed by atoms with Gasteiger partial charge in [0.25, 0.3) is 0 Å². The standard InChI is InChI=1S/C11H19NO3/c1-10(2,3)11(7-13)8(9(14)15)5-4-6-12-11/h4-5,8,12-13H,6-7H2,1-3H3,(H,14,15)/t8?,11-/m1/s1. The van der Waals surface area contributed by atoms with E-state index in [-0.39, 0.29) is 12.0 Å². The van der Waals surface area contributed by atoms with Crippen molar-refractivity contribution in [2.24, 2.45) is 11.3 Å². The van der Waals surface area contributed by atoms with Crippen LogP contribution in [0.25, 0.3) is 0 Å². The number of hydrogen-bond acceptors (Lipinski definition) is 3. The van der Waals surface area contributed by atoms with Crippen molar-refractivity contribution in [2.75, 3.05) is 13.2 Å². The van der Waals surface area contributed by atoms with Gasteiger partial charge in [0.15, 0.2) is 0 Å². The quantitative estimate of drug-likeness (QED) is 0.588. The fourth-order valence-corrected chi connectivity index (χ4v) is 2.14. The molecule has 0 saturated carbocycles. The number of aliphatic hydroxyl groups is 1. The summed E-state index contributed by atoms with van der Waals surface area (Å²) in [5.74, 6) is -1.58. The Balaban J connectivity index is 3.16. The number of nitrogens with one attached hydrogen (secondary N) is 1. The first kappa shape index (κ1) is 12.2. The van der Waals surface area contributed by atoms with E-state index in [1.807, 2.05) is 20.8 Å². The topological polar surface area (TPSA) is 69.6 Å². The molecule has 0 saturated heterocycles. The van der Waals surface area contributed by atoms with Crippen molar-refractivity contribution in [1.82, 2.24) is 5.32 Å². The molecular weight excluding hydrogens is 194 g/mol. The smallest absolute Gasteiger partial charge is 0.312 e. The highest BCUT2D eigenvalue weighted by Gasteiger charge is 2.50. The number of aliphatic carboxylic acids is 1. The van der Waals surface area contributed by atoms with E-state index in [9.17, 15) is 9.90 Å². The van der Waals surface area contributed by atoms with Gasteiger partial charge in [-0.1, -0.05) is 32.9 Å². The van der Waals surface area contributed by atoms with Crippen molar-refractivity contribution >= 4 is 5.97 Å². The molecule has 1 aliphatic heterocycles. The Kier molecular flexibility index (Phi) is 3.21. The molecule has 0 aromatic heterocycles. The van der Waals surface area contributed by atoms with Crippen LogP contribution in [-0.2, 0) is 4.79 Å². The number of carbonyl (C=O) groups is 1. The summed E-state index contributed by atoms with van der Waals surface area (Å²) >= 11 is 0. The summed E-state index contributed by atoms with van der Waals surface area (Å²) in [5.41, 5.74) is -1.11. The van der Waals surface area contributed by atoms with Crippen LogP contribution in [0.15, 0.2) is 12.2 Å². The molecule has 15 heavy (non-hydrogen) atoms. The molecule has 0 spiro atoms. The Labute approximate surface area is 90.0 Å². The van der Waals surface area contributed by atoms with Crippen LogP contribution >= 0.6 is 0 Å². The van der Waals surface area contributed by atoms with Gasteiger partial charge >= 0.3 is 5.97 Å². The molecule has 0 aromatic rings. The molecule has 0 bridgehead atoms. The number of hydrogen-bond donors (Lipinski definition) is 3. The SMILES string of the molecule is CC(C)(C)[C@]1(CO)NCC=CC1C(=O)O. The molecule has 0 amide bonds. The van der Waals surface area contributed by atoms with Crippen LogP contribution < -0.4 is 5.32 Å². The van der Waals surface area contributed by atoms with Crippen molar-refractivity contribution in [2.45, 2.75) is 26.3 Å². The summed E-state index contributed by atoms with van der Waals surface area (Å²) in [6.45, 7) is 6.22. The Morgan fingerprint density at radius 1 is 1.60 bits per heavy atom. The summed E-state index contributed by atoms with van der Waals surface area (Å²) in [7, 11) is 0. The lowest BCUT2D eigenvalue weighted by Gasteiger charge is -2.48. The largest absolute Gasteiger partial charge is 0.481 e. The molecule has 0 aliphatic carbocycles. The van der Waals surface area contributed by atoms with Crippen LogP contribution in [-0.4, -0.2) is 34.9 Å². The zero-order valence-corrected chi connectivity index (χ0v) is 9.45. The molecule has 4 nitrogen and oxygen atoms in total. The summed E-state index contributed by atoms with van der Waals surface area (Å²) in [6, 6.07) is 0. The van der Waals surface area contributed by atoms with Crippen LogP contribution in [0.5, 0.6) is 0 Å². The maximum absolute atomic E-state index is 11.2. The zero-order valence-electron chi connectivity index (χ0n) is 9.45. The van der Waals surface area contributed by atoms with E-state index in [0.29, 0.717) is 6.54 Å². The Bertz CT molecular complexity index is 280. The van der Waals surface area contributed by atoms with Gasteiger partial charge in [-0.15, -0.1) is 0 Å². The Morgan fingerprint density at radius 2 is 2.20 bits per heavy atom. The van der Waals surface area contributed by atoms with Gasteiger partial charge in [-0.05, 0) is 5.41 Å². The van der Waals surface area contributed by atoms with Gasteiger partial charge in [0, 0.05) is 6.54 Å². The molecule has 2 atom stereocenters. The fourth-order valence-electron chi connectivity index (χ4n) is 2.14. The number of carboxylic acids is 1. The number of carboxylic acid groups (broad SMARTS) is 1. The second kappa shape index (κ2) is 3.94. The molecule has 1 rings (SSSR count). The van der Waals surface area contributed by atoms with Crippen LogP contribution in [0.1, 0.15) is 20.8 Å². The van der Waals surface area contributed by atoms with Crippen LogP contribution in [0.3, 0.4) is 0 Å². The summed E-state index contributed by atoms with van der Waals surface area (Å²) in [5, 5.41) is 21.8. The van der Waals surface area contributed by atoms with Crippen molar-refractivity contribution in [3.8, 4) is 0 Å². The van der Waals surface area contributed by atoms with Crippen LogP contribution in [0.2, 0.25) is 0 Å². The molecule has 0 radical (unpaired) electrons. The van der Waals surface area contributed by atoms with E-state index >= 15 is 0 Å². The maximum atomic E-state index is 11.2. The molecule has 1 unspecified atom stereocenters.